The molecule has 2 N–H and O–H groups in total. The monoisotopic (exact) mass is 461 g/mol. The highest BCUT2D eigenvalue weighted by Crippen LogP contribution is 2.27. The zero-order valence-electron chi connectivity index (χ0n) is 16.2. The summed E-state index contributed by atoms with van der Waals surface area (Å²) in [5, 5.41) is 7.82. The van der Waals surface area contributed by atoms with Crippen molar-refractivity contribution in [2.24, 2.45) is 0 Å². The molecule has 0 atom stereocenters. The van der Waals surface area contributed by atoms with Gasteiger partial charge >= 0.3 is 0 Å². The number of hydrogen-bond donors (Lipinski definition) is 2. The van der Waals surface area contributed by atoms with Gasteiger partial charge in [0.2, 0.25) is 0 Å². The Morgan fingerprint density at radius 3 is 2.73 bits per heavy atom. The van der Waals surface area contributed by atoms with Gasteiger partial charge in [-0.25, -0.2) is 4.98 Å². The highest BCUT2D eigenvalue weighted by atomic mass is 35.5. The van der Waals surface area contributed by atoms with Crippen molar-refractivity contribution in [3.05, 3.63) is 75.2 Å². The number of rotatable bonds is 9. The number of carbonyl (C=O) groups excluding carboxylic acids is 2. The summed E-state index contributed by atoms with van der Waals surface area (Å²) >= 11 is 9.35. The molecule has 30 heavy (non-hydrogen) atoms. The summed E-state index contributed by atoms with van der Waals surface area (Å²) in [5.41, 5.74) is 4.18. The molecule has 0 aliphatic heterocycles. The van der Waals surface area contributed by atoms with Gasteiger partial charge in [-0.3, -0.25) is 9.59 Å². The van der Waals surface area contributed by atoms with Crippen molar-refractivity contribution in [3.63, 3.8) is 0 Å². The van der Waals surface area contributed by atoms with Gasteiger partial charge in [0, 0.05) is 35.4 Å². The number of aromatic nitrogens is 1. The molecule has 0 unspecified atom stereocenters. The van der Waals surface area contributed by atoms with E-state index in [-0.39, 0.29) is 16.8 Å². The van der Waals surface area contributed by atoms with Gasteiger partial charge < -0.3 is 15.4 Å². The van der Waals surface area contributed by atoms with Gasteiger partial charge in [0.15, 0.2) is 0 Å². The number of methoxy groups -OCH3 is 1. The maximum absolute atomic E-state index is 12.8. The number of hydrogen-bond acceptors (Lipinski definition) is 6. The normalized spacial score (nSPS) is 10.6. The summed E-state index contributed by atoms with van der Waals surface area (Å²) in [4.78, 5) is 30.1. The van der Waals surface area contributed by atoms with E-state index in [9.17, 15) is 9.59 Å². The molecule has 1 aromatic heterocycles. The molecule has 9 heteroatoms. The summed E-state index contributed by atoms with van der Waals surface area (Å²) < 4.78 is 4.91. The lowest BCUT2D eigenvalue weighted by molar-refractivity contribution is 0.0936. The second-order valence-electron chi connectivity index (χ2n) is 6.16. The zero-order valence-corrected chi connectivity index (χ0v) is 18.6. The third-order valence-corrected chi connectivity index (χ3v) is 6.11. The Labute approximate surface area is 188 Å². The fourth-order valence-corrected chi connectivity index (χ4v) is 4.46. The molecule has 1 heterocycles. The van der Waals surface area contributed by atoms with Crippen LogP contribution in [0.4, 0.5) is 5.69 Å². The summed E-state index contributed by atoms with van der Waals surface area (Å²) in [6.45, 7) is 0.802. The lowest BCUT2D eigenvalue weighted by atomic mass is 10.1. The molecule has 0 saturated heterocycles. The second kappa shape index (κ2) is 11.1. The number of benzene rings is 2. The number of carbonyl (C=O) groups is 2. The molecule has 156 valence electrons. The molecule has 0 spiro atoms. The zero-order chi connectivity index (χ0) is 21.3. The fraction of sp³-hybridized carbons (Fsp3) is 0.190. The summed E-state index contributed by atoms with van der Waals surface area (Å²) in [7, 11) is 1.56. The highest BCUT2D eigenvalue weighted by molar-refractivity contribution is 7.98. The average molecular weight is 462 g/mol. The van der Waals surface area contributed by atoms with E-state index in [4.69, 9.17) is 16.3 Å². The first-order valence-corrected chi connectivity index (χ1v) is 11.4. The van der Waals surface area contributed by atoms with Crippen LogP contribution in [-0.2, 0) is 10.5 Å². The predicted molar refractivity (Wildman–Crippen MR) is 122 cm³/mol. The third kappa shape index (κ3) is 6.06. The van der Waals surface area contributed by atoms with Gasteiger partial charge in [0.25, 0.3) is 11.8 Å². The Bertz CT molecular complexity index is 1010. The Hall–Kier alpha value is -2.39. The largest absolute Gasteiger partial charge is 0.383 e. The van der Waals surface area contributed by atoms with E-state index < -0.39 is 0 Å². The van der Waals surface area contributed by atoms with E-state index in [1.807, 2.05) is 23.6 Å². The number of halogens is 1. The van der Waals surface area contributed by atoms with Crippen LogP contribution in [0, 0.1) is 0 Å². The smallest absolute Gasteiger partial charge is 0.256 e. The lowest BCUT2D eigenvalue weighted by Crippen LogP contribution is -2.27. The second-order valence-corrected chi connectivity index (χ2v) is 8.31. The molecule has 3 rings (SSSR count). The Balaban J connectivity index is 1.67. The van der Waals surface area contributed by atoms with Crippen LogP contribution >= 0.6 is 34.7 Å². The van der Waals surface area contributed by atoms with Crippen molar-refractivity contribution in [2.75, 3.05) is 25.6 Å². The minimum atomic E-state index is -0.293. The average Bonchev–Trinajstić information content (AvgIpc) is 3.26. The van der Waals surface area contributed by atoms with E-state index in [1.165, 1.54) is 0 Å². The van der Waals surface area contributed by atoms with E-state index in [1.54, 1.807) is 60.0 Å². The summed E-state index contributed by atoms with van der Waals surface area (Å²) in [6.07, 6.45) is 0. The maximum Gasteiger partial charge on any atom is 0.256 e. The number of thiazole rings is 1. The molecule has 6 nitrogen and oxygen atoms in total. The topological polar surface area (TPSA) is 80.3 Å². The molecule has 0 radical (unpaired) electrons. The predicted octanol–water partition coefficient (Wildman–Crippen LogP) is 4.72. The number of nitrogens with zero attached hydrogens (tertiary/aromatic N) is 1. The van der Waals surface area contributed by atoms with E-state index >= 15 is 0 Å². The lowest BCUT2D eigenvalue weighted by Gasteiger charge is -2.11. The number of ether oxygens (including phenoxy) is 1. The number of thioether (sulfide) groups is 1. The van der Waals surface area contributed by atoms with Crippen molar-refractivity contribution < 1.29 is 14.3 Å². The van der Waals surface area contributed by atoms with E-state index in [2.05, 4.69) is 15.6 Å². The quantitative estimate of drug-likeness (QED) is 0.356. The minimum absolute atomic E-state index is 0.246. The Morgan fingerprint density at radius 2 is 2.00 bits per heavy atom. The molecular formula is C21H20ClN3O3S2. The molecule has 0 aliphatic carbocycles. The van der Waals surface area contributed by atoms with Gasteiger partial charge in [-0.1, -0.05) is 23.7 Å². The van der Waals surface area contributed by atoms with Gasteiger partial charge in [-0.15, -0.1) is 23.1 Å². The molecule has 2 aromatic carbocycles. The number of nitrogens with one attached hydrogen (secondary N) is 2. The van der Waals surface area contributed by atoms with Crippen LogP contribution in [0.1, 0.15) is 26.4 Å². The first-order chi connectivity index (χ1) is 14.6. The first kappa shape index (κ1) is 22.3. The third-order valence-electron chi connectivity index (χ3n) is 4.05. The van der Waals surface area contributed by atoms with E-state index in [0.717, 1.165) is 10.6 Å². The Morgan fingerprint density at radius 1 is 1.17 bits per heavy atom. The van der Waals surface area contributed by atoms with Crippen molar-refractivity contribution in [1.82, 2.24) is 10.3 Å². The van der Waals surface area contributed by atoms with Crippen molar-refractivity contribution in [2.45, 2.75) is 10.6 Å². The van der Waals surface area contributed by atoms with Gasteiger partial charge in [-0.2, -0.15) is 0 Å². The van der Waals surface area contributed by atoms with Crippen molar-refractivity contribution >= 4 is 52.2 Å². The minimum Gasteiger partial charge on any atom is -0.383 e. The SMILES string of the molecule is COCCNC(=O)c1ccc(NC(=O)c2ccccc2SCc2cscn2)cc1Cl. The number of amides is 2. The van der Waals surface area contributed by atoms with Crippen LogP contribution in [-0.4, -0.2) is 37.1 Å². The van der Waals surface area contributed by atoms with Crippen molar-refractivity contribution in [1.29, 1.82) is 0 Å². The first-order valence-electron chi connectivity index (χ1n) is 9.05. The van der Waals surface area contributed by atoms with Crippen LogP contribution in [0.5, 0.6) is 0 Å². The van der Waals surface area contributed by atoms with Crippen LogP contribution in [0.3, 0.4) is 0 Å². The molecule has 0 fully saturated rings. The van der Waals surface area contributed by atoms with Gasteiger partial charge in [-0.05, 0) is 30.3 Å². The van der Waals surface area contributed by atoms with Crippen LogP contribution in [0.25, 0.3) is 0 Å². The van der Waals surface area contributed by atoms with Gasteiger partial charge in [0.05, 0.1) is 34.0 Å². The highest BCUT2D eigenvalue weighted by Gasteiger charge is 2.15. The fourth-order valence-electron chi connectivity index (χ4n) is 2.58. The van der Waals surface area contributed by atoms with Crippen molar-refractivity contribution in [3.8, 4) is 0 Å². The molecule has 3 aromatic rings. The maximum atomic E-state index is 12.8. The summed E-state index contributed by atoms with van der Waals surface area (Å²) in [5.74, 6) is 0.149. The molecular weight excluding hydrogens is 442 g/mol. The Kier molecular flexibility index (Phi) is 8.27. The van der Waals surface area contributed by atoms with Crippen LogP contribution in [0.15, 0.2) is 58.3 Å². The van der Waals surface area contributed by atoms with E-state index in [0.29, 0.717) is 35.7 Å². The molecule has 2 amide bonds. The van der Waals surface area contributed by atoms with Gasteiger partial charge in [0.1, 0.15) is 0 Å². The molecule has 0 aliphatic rings. The molecule has 0 saturated carbocycles. The molecule has 0 bridgehead atoms. The van der Waals surface area contributed by atoms with Crippen LogP contribution < -0.4 is 10.6 Å². The summed E-state index contributed by atoms with van der Waals surface area (Å²) in [6, 6.07) is 12.2. The number of anilines is 1. The van der Waals surface area contributed by atoms with Crippen LogP contribution in [0.2, 0.25) is 5.02 Å². The standard InChI is InChI=1S/C21H20ClN3O3S2/c1-28-9-8-23-20(26)16-7-6-14(10-18(16)22)25-21(27)17-4-2-3-5-19(17)30-12-15-11-29-13-24-15/h2-7,10-11,13H,8-9,12H2,1H3,(H,23,26)(H,25,27).